The number of carbonyl (C=O) groups excluding carboxylic acids is 1. The molecule has 108 valence electrons. The van der Waals surface area contributed by atoms with Crippen molar-refractivity contribution in [2.75, 3.05) is 5.32 Å². The summed E-state index contributed by atoms with van der Waals surface area (Å²) in [6.07, 6.45) is 3.99. The average Bonchev–Trinajstić information content (AvgIpc) is 2.41. The number of carboxylic acid groups (broad SMARTS) is 1. The van der Waals surface area contributed by atoms with E-state index in [1.54, 1.807) is 12.1 Å². The lowest BCUT2D eigenvalue weighted by molar-refractivity contribution is -0.121. The number of anilines is 1. The summed E-state index contributed by atoms with van der Waals surface area (Å²) in [5.74, 6) is -0.275. The molecule has 1 aromatic carbocycles. The van der Waals surface area contributed by atoms with Crippen LogP contribution in [0.25, 0.3) is 0 Å². The highest BCUT2D eigenvalue weighted by Crippen LogP contribution is 2.29. The molecule has 1 fully saturated rings. The van der Waals surface area contributed by atoms with Gasteiger partial charge in [-0.1, -0.05) is 6.92 Å². The molecular weight excluding hydrogens is 322 g/mol. The predicted octanol–water partition coefficient (Wildman–Crippen LogP) is 3.91. The number of hydrogen-bond donors (Lipinski definition) is 2. The van der Waals surface area contributed by atoms with Gasteiger partial charge in [-0.05, 0) is 65.7 Å². The summed E-state index contributed by atoms with van der Waals surface area (Å²) in [5, 5.41) is 11.9. The first-order chi connectivity index (χ1) is 9.47. The van der Waals surface area contributed by atoms with Crippen molar-refractivity contribution in [2.24, 2.45) is 11.8 Å². The van der Waals surface area contributed by atoms with Gasteiger partial charge in [0, 0.05) is 16.1 Å². The van der Waals surface area contributed by atoms with Gasteiger partial charge in [-0.3, -0.25) is 4.79 Å². The molecule has 1 saturated carbocycles. The molecule has 2 N–H and O–H groups in total. The standard InChI is InChI=1S/C15H18BrNO3/c1-9-2-4-10(5-3-9)14(18)17-11-6-7-13(16)12(8-11)15(19)20/h6-10H,2-5H2,1H3,(H,17,18)(H,19,20). The van der Waals surface area contributed by atoms with E-state index in [4.69, 9.17) is 5.11 Å². The molecule has 0 aromatic heterocycles. The van der Waals surface area contributed by atoms with Gasteiger partial charge in [-0.2, -0.15) is 0 Å². The SMILES string of the molecule is CC1CCC(C(=O)Nc2ccc(Br)c(C(=O)O)c2)CC1. The number of benzene rings is 1. The Balaban J connectivity index is 2.04. The van der Waals surface area contributed by atoms with E-state index in [2.05, 4.69) is 28.2 Å². The van der Waals surface area contributed by atoms with E-state index in [0.29, 0.717) is 16.1 Å². The fourth-order valence-electron chi connectivity index (χ4n) is 2.53. The third kappa shape index (κ3) is 3.60. The van der Waals surface area contributed by atoms with E-state index in [1.807, 2.05) is 0 Å². The lowest BCUT2D eigenvalue weighted by atomic mass is 9.82. The fourth-order valence-corrected chi connectivity index (χ4v) is 2.95. The van der Waals surface area contributed by atoms with Crippen LogP contribution in [0.3, 0.4) is 0 Å². The Labute approximate surface area is 126 Å². The third-order valence-electron chi connectivity index (χ3n) is 3.85. The van der Waals surface area contributed by atoms with Gasteiger partial charge in [-0.25, -0.2) is 4.79 Å². The Kier molecular flexibility index (Phi) is 4.81. The molecule has 1 aliphatic carbocycles. The molecule has 2 rings (SSSR count). The van der Waals surface area contributed by atoms with Gasteiger partial charge in [0.1, 0.15) is 0 Å². The van der Waals surface area contributed by atoms with Crippen molar-refractivity contribution in [1.29, 1.82) is 0 Å². The first-order valence-corrected chi connectivity index (χ1v) is 7.60. The van der Waals surface area contributed by atoms with Gasteiger partial charge in [0.05, 0.1) is 5.56 Å². The number of carboxylic acids is 1. The van der Waals surface area contributed by atoms with E-state index in [1.165, 1.54) is 6.07 Å². The minimum atomic E-state index is -1.01. The maximum Gasteiger partial charge on any atom is 0.336 e. The Hall–Kier alpha value is -1.36. The van der Waals surface area contributed by atoms with Crippen LogP contribution in [-0.4, -0.2) is 17.0 Å². The Morgan fingerprint density at radius 1 is 1.25 bits per heavy atom. The van der Waals surface area contributed by atoms with Crippen LogP contribution in [0.1, 0.15) is 43.0 Å². The van der Waals surface area contributed by atoms with Crippen molar-refractivity contribution in [1.82, 2.24) is 0 Å². The number of nitrogens with one attached hydrogen (secondary N) is 1. The molecule has 1 aromatic rings. The molecule has 5 heteroatoms. The Morgan fingerprint density at radius 2 is 1.90 bits per heavy atom. The molecule has 20 heavy (non-hydrogen) atoms. The van der Waals surface area contributed by atoms with Crippen molar-refractivity contribution in [2.45, 2.75) is 32.6 Å². The molecule has 0 heterocycles. The monoisotopic (exact) mass is 339 g/mol. The second-order valence-corrected chi connectivity index (χ2v) is 6.30. The maximum atomic E-state index is 12.2. The van der Waals surface area contributed by atoms with Crippen LogP contribution in [0.2, 0.25) is 0 Å². The molecule has 4 nitrogen and oxygen atoms in total. The van der Waals surface area contributed by atoms with Crippen LogP contribution in [0.4, 0.5) is 5.69 Å². The number of aromatic carboxylic acids is 1. The minimum Gasteiger partial charge on any atom is -0.478 e. The second kappa shape index (κ2) is 6.39. The van der Waals surface area contributed by atoms with Crippen LogP contribution < -0.4 is 5.32 Å². The maximum absolute atomic E-state index is 12.2. The molecule has 0 aliphatic heterocycles. The average molecular weight is 340 g/mol. The molecule has 1 amide bonds. The van der Waals surface area contributed by atoms with Crippen LogP contribution in [-0.2, 0) is 4.79 Å². The van der Waals surface area contributed by atoms with Gasteiger partial charge in [0.2, 0.25) is 5.91 Å². The largest absolute Gasteiger partial charge is 0.478 e. The van der Waals surface area contributed by atoms with Crippen molar-refractivity contribution < 1.29 is 14.7 Å². The fraction of sp³-hybridized carbons (Fsp3) is 0.467. The number of halogens is 1. The minimum absolute atomic E-state index is 0.00411. The summed E-state index contributed by atoms with van der Waals surface area (Å²) in [6.45, 7) is 2.21. The molecular formula is C15H18BrNO3. The highest BCUT2D eigenvalue weighted by atomic mass is 79.9. The third-order valence-corrected chi connectivity index (χ3v) is 4.54. The molecule has 0 spiro atoms. The van der Waals surface area contributed by atoms with Gasteiger partial charge in [0.15, 0.2) is 0 Å². The summed E-state index contributed by atoms with van der Waals surface area (Å²) in [7, 11) is 0. The van der Waals surface area contributed by atoms with E-state index >= 15 is 0 Å². The van der Waals surface area contributed by atoms with E-state index < -0.39 is 5.97 Å². The molecule has 0 unspecified atom stereocenters. The van der Waals surface area contributed by atoms with Gasteiger partial charge >= 0.3 is 5.97 Å². The number of carbonyl (C=O) groups is 2. The van der Waals surface area contributed by atoms with Crippen molar-refractivity contribution in [3.63, 3.8) is 0 Å². The summed E-state index contributed by atoms with van der Waals surface area (Å²) in [6, 6.07) is 4.83. The van der Waals surface area contributed by atoms with Crippen LogP contribution in [0.5, 0.6) is 0 Å². The van der Waals surface area contributed by atoms with Gasteiger partial charge in [-0.15, -0.1) is 0 Å². The quantitative estimate of drug-likeness (QED) is 0.877. The second-order valence-electron chi connectivity index (χ2n) is 5.45. The topological polar surface area (TPSA) is 66.4 Å². The number of amides is 1. The Morgan fingerprint density at radius 3 is 2.50 bits per heavy atom. The summed E-state index contributed by atoms with van der Waals surface area (Å²) < 4.78 is 0.509. The van der Waals surface area contributed by atoms with Crippen molar-refractivity contribution >= 4 is 33.5 Å². The van der Waals surface area contributed by atoms with E-state index in [0.717, 1.165) is 25.7 Å². The zero-order chi connectivity index (χ0) is 14.7. The first-order valence-electron chi connectivity index (χ1n) is 6.81. The van der Waals surface area contributed by atoms with E-state index in [-0.39, 0.29) is 17.4 Å². The lowest BCUT2D eigenvalue weighted by Gasteiger charge is -2.25. The summed E-state index contributed by atoms with van der Waals surface area (Å²) in [4.78, 5) is 23.2. The summed E-state index contributed by atoms with van der Waals surface area (Å²) >= 11 is 3.19. The van der Waals surface area contributed by atoms with E-state index in [9.17, 15) is 9.59 Å². The first kappa shape index (κ1) is 15.0. The lowest BCUT2D eigenvalue weighted by Crippen LogP contribution is -2.26. The zero-order valence-corrected chi connectivity index (χ0v) is 12.9. The molecule has 0 atom stereocenters. The Bertz CT molecular complexity index is 522. The van der Waals surface area contributed by atoms with Crippen LogP contribution >= 0.6 is 15.9 Å². The van der Waals surface area contributed by atoms with Crippen molar-refractivity contribution in [3.8, 4) is 0 Å². The number of rotatable bonds is 3. The van der Waals surface area contributed by atoms with Crippen molar-refractivity contribution in [3.05, 3.63) is 28.2 Å². The van der Waals surface area contributed by atoms with Gasteiger partial charge in [0.25, 0.3) is 0 Å². The van der Waals surface area contributed by atoms with Crippen LogP contribution in [0.15, 0.2) is 22.7 Å². The predicted molar refractivity (Wildman–Crippen MR) is 80.9 cm³/mol. The molecule has 1 aliphatic rings. The smallest absolute Gasteiger partial charge is 0.336 e. The molecule has 0 bridgehead atoms. The zero-order valence-electron chi connectivity index (χ0n) is 11.4. The highest BCUT2D eigenvalue weighted by Gasteiger charge is 2.24. The normalized spacial score (nSPS) is 22.3. The molecule has 0 saturated heterocycles. The van der Waals surface area contributed by atoms with Gasteiger partial charge < -0.3 is 10.4 Å². The summed E-state index contributed by atoms with van der Waals surface area (Å²) in [5.41, 5.74) is 0.689. The number of hydrogen-bond acceptors (Lipinski definition) is 2. The highest BCUT2D eigenvalue weighted by molar-refractivity contribution is 9.10. The molecule has 0 radical (unpaired) electrons. The van der Waals surface area contributed by atoms with Crippen LogP contribution in [0, 0.1) is 11.8 Å².